The lowest BCUT2D eigenvalue weighted by Gasteiger charge is -2.35. The minimum atomic E-state index is -0.511. The van der Waals surface area contributed by atoms with Crippen molar-refractivity contribution in [1.82, 2.24) is 10.2 Å². The fourth-order valence-corrected chi connectivity index (χ4v) is 2.72. The second-order valence-electron chi connectivity index (χ2n) is 7.16. The van der Waals surface area contributed by atoms with E-state index >= 15 is 0 Å². The van der Waals surface area contributed by atoms with Crippen LogP contribution in [0.2, 0.25) is 0 Å². The highest BCUT2D eigenvalue weighted by atomic mass is 35.5. The average Bonchev–Trinajstić information content (AvgIpc) is 2.55. The third-order valence-electron chi connectivity index (χ3n) is 4.36. The second-order valence-corrected chi connectivity index (χ2v) is 7.16. The van der Waals surface area contributed by atoms with Crippen molar-refractivity contribution in [1.29, 1.82) is 0 Å². The summed E-state index contributed by atoms with van der Waals surface area (Å²) in [5.41, 5.74) is 7.01. The van der Waals surface area contributed by atoms with Gasteiger partial charge in [-0.05, 0) is 11.0 Å². The molecule has 0 radical (unpaired) electrons. The minimum Gasteiger partial charge on any atom is -0.379 e. The lowest BCUT2D eigenvalue weighted by molar-refractivity contribution is -0.124. The third kappa shape index (κ3) is 7.12. The van der Waals surface area contributed by atoms with Gasteiger partial charge in [0.25, 0.3) is 0 Å². The van der Waals surface area contributed by atoms with Crippen LogP contribution in [0.15, 0.2) is 30.3 Å². The number of rotatable bonds is 5. The number of hydrogen-bond acceptors (Lipinski definition) is 4. The van der Waals surface area contributed by atoms with E-state index in [-0.39, 0.29) is 42.2 Å². The molecule has 1 saturated heterocycles. The molecule has 2 atom stereocenters. The molecule has 1 aromatic carbocycles. The van der Waals surface area contributed by atoms with Gasteiger partial charge in [0.1, 0.15) is 0 Å². The fourth-order valence-electron chi connectivity index (χ4n) is 2.72. The first kappa shape index (κ1) is 24.1. The Morgan fingerprint density at radius 1 is 1.20 bits per heavy atom. The molecule has 1 amide bonds. The molecule has 144 valence electrons. The Balaban J connectivity index is 0.00000288. The van der Waals surface area contributed by atoms with Crippen LogP contribution in [0.3, 0.4) is 0 Å². The number of nitrogens with zero attached hydrogens (tertiary/aromatic N) is 1. The van der Waals surface area contributed by atoms with Gasteiger partial charge >= 0.3 is 0 Å². The van der Waals surface area contributed by atoms with Gasteiger partial charge in [0, 0.05) is 19.6 Å². The van der Waals surface area contributed by atoms with Gasteiger partial charge in [0.15, 0.2) is 0 Å². The van der Waals surface area contributed by atoms with E-state index in [1.165, 1.54) is 5.56 Å². The Morgan fingerprint density at radius 3 is 2.28 bits per heavy atom. The van der Waals surface area contributed by atoms with E-state index in [2.05, 4.69) is 22.3 Å². The minimum absolute atomic E-state index is 0. The van der Waals surface area contributed by atoms with Gasteiger partial charge in [-0.25, -0.2) is 0 Å². The van der Waals surface area contributed by atoms with Crippen molar-refractivity contribution in [3.8, 4) is 0 Å². The van der Waals surface area contributed by atoms with Gasteiger partial charge in [-0.15, -0.1) is 24.8 Å². The maximum atomic E-state index is 12.3. The van der Waals surface area contributed by atoms with Crippen molar-refractivity contribution < 1.29 is 9.53 Å². The normalized spacial score (nSPS) is 17.6. The smallest absolute Gasteiger partial charge is 0.237 e. The summed E-state index contributed by atoms with van der Waals surface area (Å²) in [5.74, 6) is -0.0910. The summed E-state index contributed by atoms with van der Waals surface area (Å²) in [6, 6.07) is 9.93. The summed E-state index contributed by atoms with van der Waals surface area (Å²) in [6.45, 7) is 9.72. The Morgan fingerprint density at radius 2 is 1.76 bits per heavy atom. The topological polar surface area (TPSA) is 67.6 Å². The molecule has 0 bridgehead atoms. The number of benzene rings is 1. The molecule has 1 fully saturated rings. The number of amides is 1. The van der Waals surface area contributed by atoms with E-state index in [9.17, 15) is 4.79 Å². The van der Waals surface area contributed by atoms with E-state index in [0.717, 1.165) is 26.3 Å². The van der Waals surface area contributed by atoms with Gasteiger partial charge in [-0.1, -0.05) is 51.1 Å². The number of carbonyl (C=O) groups excluding carboxylic acids is 1. The quantitative estimate of drug-likeness (QED) is 0.808. The van der Waals surface area contributed by atoms with E-state index in [1.54, 1.807) is 0 Å². The molecule has 1 unspecified atom stereocenters. The Bertz CT molecular complexity index is 503. The molecule has 0 saturated carbocycles. The molecule has 1 heterocycles. The maximum absolute atomic E-state index is 12.3. The lowest BCUT2D eigenvalue weighted by Crippen LogP contribution is -2.51. The van der Waals surface area contributed by atoms with Gasteiger partial charge in [0.05, 0.1) is 25.3 Å². The highest BCUT2D eigenvalue weighted by molar-refractivity contribution is 5.85. The van der Waals surface area contributed by atoms with Crippen molar-refractivity contribution in [3.05, 3.63) is 35.9 Å². The van der Waals surface area contributed by atoms with Gasteiger partial charge in [-0.2, -0.15) is 0 Å². The molecule has 5 nitrogen and oxygen atoms in total. The third-order valence-corrected chi connectivity index (χ3v) is 4.36. The average molecular weight is 392 g/mol. The van der Waals surface area contributed by atoms with E-state index < -0.39 is 6.04 Å². The Hall–Kier alpha value is -0.850. The van der Waals surface area contributed by atoms with Crippen LogP contribution in [-0.2, 0) is 9.53 Å². The van der Waals surface area contributed by atoms with Crippen LogP contribution in [-0.4, -0.2) is 49.7 Å². The zero-order chi connectivity index (χ0) is 16.9. The number of halogens is 2. The molecule has 1 aliphatic rings. The van der Waals surface area contributed by atoms with Crippen LogP contribution in [0.1, 0.15) is 32.4 Å². The molecule has 1 aromatic rings. The van der Waals surface area contributed by atoms with E-state index in [0.29, 0.717) is 6.54 Å². The first-order chi connectivity index (χ1) is 10.9. The predicted molar refractivity (Wildman–Crippen MR) is 107 cm³/mol. The second kappa shape index (κ2) is 11.0. The number of morpholine rings is 1. The molecule has 0 aliphatic carbocycles. The molecule has 2 rings (SSSR count). The fraction of sp³-hybridized carbons (Fsp3) is 0.611. The number of hydrogen-bond donors (Lipinski definition) is 2. The van der Waals surface area contributed by atoms with Crippen LogP contribution < -0.4 is 11.1 Å². The van der Waals surface area contributed by atoms with Crippen molar-refractivity contribution in [2.24, 2.45) is 11.1 Å². The van der Waals surface area contributed by atoms with Gasteiger partial charge in [0.2, 0.25) is 5.91 Å². The highest BCUT2D eigenvalue weighted by Crippen LogP contribution is 2.22. The van der Waals surface area contributed by atoms with Crippen molar-refractivity contribution in [2.75, 3.05) is 32.8 Å². The molecule has 0 aromatic heterocycles. The standard InChI is InChI=1S/C18H29N3O2.2ClH/c1-18(2,3)16(19)17(22)20-13-15(14-7-5-4-6-8-14)21-9-11-23-12-10-21;;/h4-8,15-16H,9-13,19H2,1-3H3,(H,20,22);2*1H/t15?,16-;;/m1../s1. The molecule has 25 heavy (non-hydrogen) atoms. The largest absolute Gasteiger partial charge is 0.379 e. The first-order valence-electron chi connectivity index (χ1n) is 8.29. The van der Waals surface area contributed by atoms with Gasteiger partial charge in [-0.3, -0.25) is 9.69 Å². The number of nitrogens with two attached hydrogens (primary N) is 1. The summed E-state index contributed by atoms with van der Waals surface area (Å²) in [6.07, 6.45) is 0. The monoisotopic (exact) mass is 391 g/mol. The van der Waals surface area contributed by atoms with Crippen molar-refractivity contribution in [2.45, 2.75) is 32.9 Å². The SMILES string of the molecule is CC(C)(C)[C@H](N)C(=O)NCC(c1ccccc1)N1CCOCC1.Cl.Cl. The number of nitrogens with one attached hydrogen (secondary N) is 1. The van der Waals surface area contributed by atoms with Gasteiger partial charge < -0.3 is 15.8 Å². The summed E-state index contributed by atoms with van der Waals surface area (Å²) in [5, 5.41) is 3.04. The van der Waals surface area contributed by atoms with E-state index in [4.69, 9.17) is 10.5 Å². The molecule has 7 heteroatoms. The first-order valence-corrected chi connectivity index (χ1v) is 8.29. The molecule has 1 aliphatic heterocycles. The van der Waals surface area contributed by atoms with E-state index in [1.807, 2.05) is 39.0 Å². The summed E-state index contributed by atoms with van der Waals surface area (Å²) < 4.78 is 5.45. The summed E-state index contributed by atoms with van der Waals surface area (Å²) >= 11 is 0. The predicted octanol–water partition coefficient (Wildman–Crippen LogP) is 2.39. The van der Waals surface area contributed by atoms with Crippen LogP contribution in [0, 0.1) is 5.41 Å². The Labute approximate surface area is 163 Å². The maximum Gasteiger partial charge on any atom is 0.237 e. The molecular weight excluding hydrogens is 361 g/mol. The zero-order valence-corrected chi connectivity index (χ0v) is 16.9. The van der Waals surface area contributed by atoms with Crippen molar-refractivity contribution >= 4 is 30.7 Å². The number of carbonyl (C=O) groups is 1. The summed E-state index contributed by atoms with van der Waals surface area (Å²) in [4.78, 5) is 14.7. The highest BCUT2D eigenvalue weighted by Gasteiger charge is 2.29. The number of ether oxygens (including phenoxy) is 1. The van der Waals surface area contributed by atoms with Crippen LogP contribution >= 0.6 is 24.8 Å². The molecule has 0 spiro atoms. The summed E-state index contributed by atoms with van der Waals surface area (Å²) in [7, 11) is 0. The lowest BCUT2D eigenvalue weighted by atomic mass is 9.87. The molecule has 3 N–H and O–H groups in total. The van der Waals surface area contributed by atoms with Crippen LogP contribution in [0.25, 0.3) is 0 Å². The zero-order valence-electron chi connectivity index (χ0n) is 15.2. The molecular formula is C18H31Cl2N3O2. The van der Waals surface area contributed by atoms with Crippen LogP contribution in [0.4, 0.5) is 0 Å². The Kier molecular flexibility index (Phi) is 10.6. The van der Waals surface area contributed by atoms with Crippen LogP contribution in [0.5, 0.6) is 0 Å². The van der Waals surface area contributed by atoms with Crippen molar-refractivity contribution in [3.63, 3.8) is 0 Å².